The maximum atomic E-state index is 12.7. The molecule has 1 amide bonds. The molecule has 3 nitrogen and oxygen atoms in total. The van der Waals surface area contributed by atoms with E-state index in [4.69, 9.17) is 11.6 Å². The van der Waals surface area contributed by atoms with Crippen molar-refractivity contribution < 1.29 is 4.79 Å². The number of benzene rings is 1. The Balaban J connectivity index is 2.05. The summed E-state index contributed by atoms with van der Waals surface area (Å²) in [5.74, 6) is -0.0485. The van der Waals surface area contributed by atoms with Gasteiger partial charge in [-0.05, 0) is 37.0 Å². The summed E-state index contributed by atoms with van der Waals surface area (Å²) in [5, 5.41) is 0.401. The van der Waals surface area contributed by atoms with Crippen molar-refractivity contribution in [2.45, 2.75) is 19.8 Å². The highest BCUT2D eigenvalue weighted by atomic mass is 35.5. The summed E-state index contributed by atoms with van der Waals surface area (Å²) < 4.78 is 0. The number of nitrogens with zero attached hydrogens (tertiary/aromatic N) is 2. The third-order valence-electron chi connectivity index (χ3n) is 3.67. The van der Waals surface area contributed by atoms with E-state index in [1.807, 2.05) is 24.0 Å². The summed E-state index contributed by atoms with van der Waals surface area (Å²) in [5.41, 5.74) is 3.91. The third-order valence-corrected chi connectivity index (χ3v) is 3.97. The second-order valence-corrected chi connectivity index (χ2v) is 5.41. The highest BCUT2D eigenvalue weighted by molar-refractivity contribution is 6.34. The first kappa shape index (κ1) is 13.1. The zero-order valence-electron chi connectivity index (χ0n) is 11.3. The largest absolute Gasteiger partial charge is 0.308 e. The molecule has 0 saturated carbocycles. The summed E-state index contributed by atoms with van der Waals surface area (Å²) in [6.07, 6.45) is 5.11. The molecule has 0 aliphatic carbocycles. The van der Waals surface area contributed by atoms with Gasteiger partial charge in [0.05, 0.1) is 16.3 Å². The molecule has 0 saturated heterocycles. The normalized spacial score (nSPS) is 14.0. The summed E-state index contributed by atoms with van der Waals surface area (Å²) in [6.45, 7) is 2.77. The van der Waals surface area contributed by atoms with E-state index in [1.165, 1.54) is 11.8 Å². The van der Waals surface area contributed by atoms with Gasteiger partial charge < -0.3 is 4.90 Å². The number of amides is 1. The fourth-order valence-corrected chi connectivity index (χ4v) is 2.94. The maximum absolute atomic E-state index is 12.7. The number of aromatic nitrogens is 1. The molecule has 0 radical (unpaired) electrons. The summed E-state index contributed by atoms with van der Waals surface area (Å²) in [4.78, 5) is 18.5. The van der Waals surface area contributed by atoms with Crippen molar-refractivity contribution in [3.63, 3.8) is 0 Å². The van der Waals surface area contributed by atoms with Crippen LogP contribution < -0.4 is 4.90 Å². The van der Waals surface area contributed by atoms with Crippen molar-refractivity contribution in [1.82, 2.24) is 4.98 Å². The zero-order chi connectivity index (χ0) is 14.1. The van der Waals surface area contributed by atoms with E-state index in [9.17, 15) is 4.79 Å². The van der Waals surface area contributed by atoms with Gasteiger partial charge in [0.1, 0.15) is 0 Å². The van der Waals surface area contributed by atoms with Gasteiger partial charge in [0, 0.05) is 18.9 Å². The Morgan fingerprint density at radius 3 is 3.00 bits per heavy atom. The van der Waals surface area contributed by atoms with Crippen molar-refractivity contribution in [2.24, 2.45) is 0 Å². The fourth-order valence-electron chi connectivity index (χ4n) is 2.74. The second-order valence-electron chi connectivity index (χ2n) is 5.00. The maximum Gasteiger partial charge on any atom is 0.259 e. The number of carbonyl (C=O) groups is 1. The van der Waals surface area contributed by atoms with Crippen molar-refractivity contribution in [2.75, 3.05) is 11.4 Å². The monoisotopic (exact) mass is 286 g/mol. The summed E-state index contributed by atoms with van der Waals surface area (Å²) in [6, 6.07) is 7.85. The Bertz CT molecular complexity index is 669. The predicted octanol–water partition coefficient (Wildman–Crippen LogP) is 3.64. The molecule has 102 valence electrons. The van der Waals surface area contributed by atoms with Gasteiger partial charge in [0.2, 0.25) is 0 Å². The van der Waals surface area contributed by atoms with Gasteiger partial charge in [-0.15, -0.1) is 0 Å². The van der Waals surface area contributed by atoms with Crippen LogP contribution in [0.3, 0.4) is 0 Å². The van der Waals surface area contributed by atoms with E-state index in [0.717, 1.165) is 30.6 Å². The highest BCUT2D eigenvalue weighted by Gasteiger charge is 2.26. The highest BCUT2D eigenvalue weighted by Crippen LogP contribution is 2.32. The van der Waals surface area contributed by atoms with Crippen LogP contribution >= 0.6 is 11.6 Å². The number of halogens is 1. The number of fused-ring (bicyclic) bond motifs is 1. The van der Waals surface area contributed by atoms with E-state index in [2.05, 4.69) is 11.1 Å². The van der Waals surface area contributed by atoms with Crippen LogP contribution in [0.1, 0.15) is 27.9 Å². The minimum Gasteiger partial charge on any atom is -0.308 e. The molecule has 1 aromatic carbocycles. The predicted molar refractivity (Wildman–Crippen MR) is 80.4 cm³/mol. The Morgan fingerprint density at radius 1 is 1.35 bits per heavy atom. The number of carbonyl (C=O) groups excluding carboxylic acids is 1. The molecule has 4 heteroatoms. The Kier molecular flexibility index (Phi) is 3.45. The molecule has 3 rings (SSSR count). The van der Waals surface area contributed by atoms with Crippen LogP contribution in [0, 0.1) is 6.92 Å². The number of hydrogen-bond acceptors (Lipinski definition) is 2. The average Bonchev–Trinajstić information content (AvgIpc) is 2.47. The minimum absolute atomic E-state index is 0.0485. The lowest BCUT2D eigenvalue weighted by Gasteiger charge is -2.31. The summed E-state index contributed by atoms with van der Waals surface area (Å²) in [7, 11) is 0. The Morgan fingerprint density at radius 2 is 2.20 bits per heavy atom. The van der Waals surface area contributed by atoms with Crippen LogP contribution in [0.5, 0.6) is 0 Å². The van der Waals surface area contributed by atoms with Gasteiger partial charge in [-0.2, -0.15) is 0 Å². The minimum atomic E-state index is -0.0485. The second kappa shape index (κ2) is 5.25. The van der Waals surface area contributed by atoms with Crippen molar-refractivity contribution in [3.05, 3.63) is 58.4 Å². The lowest BCUT2D eigenvalue weighted by atomic mass is 9.97. The molecule has 20 heavy (non-hydrogen) atoms. The van der Waals surface area contributed by atoms with Crippen LogP contribution in [-0.4, -0.2) is 17.4 Å². The molecule has 0 N–H and O–H groups in total. The lowest BCUT2D eigenvalue weighted by molar-refractivity contribution is 0.0985. The van der Waals surface area contributed by atoms with E-state index in [1.54, 1.807) is 12.3 Å². The number of hydrogen-bond donors (Lipinski definition) is 0. The molecule has 0 unspecified atom stereocenters. The van der Waals surface area contributed by atoms with Crippen LogP contribution in [0.2, 0.25) is 5.02 Å². The first-order valence-electron chi connectivity index (χ1n) is 6.68. The van der Waals surface area contributed by atoms with Crippen LogP contribution in [0.25, 0.3) is 0 Å². The zero-order valence-corrected chi connectivity index (χ0v) is 12.0. The molecule has 0 atom stereocenters. The Labute approximate surface area is 123 Å². The first-order valence-corrected chi connectivity index (χ1v) is 7.06. The lowest BCUT2D eigenvalue weighted by Crippen LogP contribution is -2.36. The number of para-hydroxylation sites is 1. The molecule has 1 aliphatic heterocycles. The number of anilines is 1. The number of pyridine rings is 1. The third kappa shape index (κ3) is 2.18. The Hall–Kier alpha value is -1.87. The van der Waals surface area contributed by atoms with Crippen LogP contribution in [0.4, 0.5) is 5.69 Å². The molecule has 2 aromatic rings. The molecule has 0 spiro atoms. The fraction of sp³-hybridized carbons (Fsp3) is 0.250. The topological polar surface area (TPSA) is 33.2 Å². The van der Waals surface area contributed by atoms with Gasteiger partial charge in [-0.25, -0.2) is 0 Å². The van der Waals surface area contributed by atoms with Gasteiger partial charge in [-0.1, -0.05) is 29.8 Å². The number of aryl methyl sites for hydroxylation is 2. The van der Waals surface area contributed by atoms with E-state index < -0.39 is 0 Å². The van der Waals surface area contributed by atoms with Gasteiger partial charge in [-0.3, -0.25) is 9.78 Å². The smallest absolute Gasteiger partial charge is 0.259 e. The molecular weight excluding hydrogens is 272 g/mol. The van der Waals surface area contributed by atoms with Crippen molar-refractivity contribution >= 4 is 23.2 Å². The van der Waals surface area contributed by atoms with Crippen LogP contribution in [-0.2, 0) is 6.42 Å². The number of rotatable bonds is 1. The van der Waals surface area contributed by atoms with E-state index in [0.29, 0.717) is 10.6 Å². The van der Waals surface area contributed by atoms with Gasteiger partial charge in [0.25, 0.3) is 5.91 Å². The standard InChI is InChI=1S/C16H15ClN2O/c1-11-4-2-5-12-6-3-9-19(15(11)12)16(20)13-7-8-18-10-14(13)17/h2,4-5,7-8,10H,3,6,9H2,1H3. The van der Waals surface area contributed by atoms with Crippen molar-refractivity contribution in [1.29, 1.82) is 0 Å². The molecular formula is C16H15ClN2O. The van der Waals surface area contributed by atoms with Gasteiger partial charge >= 0.3 is 0 Å². The van der Waals surface area contributed by atoms with Gasteiger partial charge in [0.15, 0.2) is 0 Å². The van der Waals surface area contributed by atoms with E-state index in [-0.39, 0.29) is 5.91 Å². The van der Waals surface area contributed by atoms with Crippen molar-refractivity contribution in [3.8, 4) is 0 Å². The average molecular weight is 287 g/mol. The quantitative estimate of drug-likeness (QED) is 0.802. The molecule has 1 aromatic heterocycles. The summed E-state index contributed by atoms with van der Waals surface area (Å²) >= 11 is 6.10. The van der Waals surface area contributed by atoms with E-state index >= 15 is 0 Å². The SMILES string of the molecule is Cc1cccc2c1N(C(=O)c1ccncc1Cl)CCC2. The molecule has 0 fully saturated rings. The molecule has 2 heterocycles. The van der Waals surface area contributed by atoms with Crippen LogP contribution in [0.15, 0.2) is 36.7 Å². The molecule has 1 aliphatic rings. The first-order chi connectivity index (χ1) is 9.68. The molecule has 0 bridgehead atoms.